The van der Waals surface area contributed by atoms with Crippen molar-refractivity contribution < 1.29 is 18.7 Å². The number of rotatable bonds is 4. The Balaban J connectivity index is 1.81. The largest absolute Gasteiger partial charge is 0.461 e. The second-order valence-corrected chi connectivity index (χ2v) is 3.65. The first-order valence-corrected chi connectivity index (χ1v) is 5.25. The third kappa shape index (κ3) is 2.49. The van der Waals surface area contributed by atoms with Crippen LogP contribution in [0.2, 0.25) is 0 Å². The number of furan rings is 1. The van der Waals surface area contributed by atoms with Crippen molar-refractivity contribution in [3.63, 3.8) is 0 Å². The van der Waals surface area contributed by atoms with Crippen LogP contribution >= 0.6 is 0 Å². The molecule has 1 atom stereocenters. The van der Waals surface area contributed by atoms with E-state index in [1.54, 1.807) is 6.07 Å². The Morgan fingerprint density at radius 3 is 3.00 bits per heavy atom. The zero-order chi connectivity index (χ0) is 11.4. The molecule has 1 aliphatic rings. The van der Waals surface area contributed by atoms with Crippen molar-refractivity contribution in [1.29, 1.82) is 0 Å². The minimum atomic E-state index is -0.650. The van der Waals surface area contributed by atoms with Gasteiger partial charge in [0.25, 0.3) is 11.7 Å². The molecule has 0 radical (unpaired) electrons. The molecule has 2 rings (SSSR count). The number of carbonyl (C=O) groups excluding carboxylic acids is 2. The third-order valence-corrected chi connectivity index (χ3v) is 2.47. The van der Waals surface area contributed by atoms with Crippen LogP contribution in [0.3, 0.4) is 0 Å². The fourth-order valence-corrected chi connectivity index (χ4v) is 1.61. The van der Waals surface area contributed by atoms with Gasteiger partial charge in [-0.1, -0.05) is 0 Å². The van der Waals surface area contributed by atoms with Crippen molar-refractivity contribution in [2.75, 3.05) is 13.2 Å². The number of nitrogens with one attached hydrogen (secondary N) is 1. The molecule has 5 nitrogen and oxygen atoms in total. The van der Waals surface area contributed by atoms with Crippen LogP contribution in [0, 0.1) is 0 Å². The van der Waals surface area contributed by atoms with Crippen LogP contribution in [0.4, 0.5) is 0 Å². The summed E-state index contributed by atoms with van der Waals surface area (Å²) in [7, 11) is 0. The highest BCUT2D eigenvalue weighted by Gasteiger charge is 2.21. The summed E-state index contributed by atoms with van der Waals surface area (Å²) in [5.74, 6) is -1.24. The fraction of sp³-hybridized carbons (Fsp3) is 0.455. The van der Waals surface area contributed by atoms with E-state index in [0.717, 1.165) is 19.4 Å². The van der Waals surface area contributed by atoms with Crippen LogP contribution < -0.4 is 5.32 Å². The summed E-state index contributed by atoms with van der Waals surface area (Å²) < 4.78 is 10.2. The molecule has 0 saturated carbocycles. The second-order valence-electron chi connectivity index (χ2n) is 3.65. The van der Waals surface area contributed by atoms with Gasteiger partial charge in [-0.2, -0.15) is 0 Å². The van der Waals surface area contributed by atoms with Gasteiger partial charge >= 0.3 is 0 Å². The van der Waals surface area contributed by atoms with Crippen LogP contribution in [-0.4, -0.2) is 30.9 Å². The first-order valence-electron chi connectivity index (χ1n) is 5.25. The van der Waals surface area contributed by atoms with E-state index >= 15 is 0 Å². The second kappa shape index (κ2) is 4.94. The lowest BCUT2D eigenvalue weighted by atomic mass is 10.2. The number of amides is 1. The Labute approximate surface area is 92.8 Å². The summed E-state index contributed by atoms with van der Waals surface area (Å²) in [6, 6.07) is 3.04. The maximum absolute atomic E-state index is 11.5. The van der Waals surface area contributed by atoms with Gasteiger partial charge in [0, 0.05) is 13.2 Å². The smallest absolute Gasteiger partial charge is 0.295 e. The van der Waals surface area contributed by atoms with Crippen molar-refractivity contribution >= 4 is 11.7 Å². The molecule has 16 heavy (non-hydrogen) atoms. The van der Waals surface area contributed by atoms with Gasteiger partial charge in [0.05, 0.1) is 12.4 Å². The van der Waals surface area contributed by atoms with Crippen molar-refractivity contribution in [2.24, 2.45) is 0 Å². The van der Waals surface area contributed by atoms with E-state index in [1.807, 2.05) is 0 Å². The van der Waals surface area contributed by atoms with E-state index in [4.69, 9.17) is 9.15 Å². The maximum atomic E-state index is 11.5. The molecule has 1 N–H and O–H groups in total. The Morgan fingerprint density at radius 1 is 1.50 bits per heavy atom. The Hall–Kier alpha value is -1.62. The van der Waals surface area contributed by atoms with Crippen LogP contribution in [0.15, 0.2) is 22.8 Å². The summed E-state index contributed by atoms with van der Waals surface area (Å²) in [6.07, 6.45) is 3.33. The first kappa shape index (κ1) is 10.9. The minimum absolute atomic E-state index is 0.0355. The lowest BCUT2D eigenvalue weighted by Crippen LogP contribution is -2.36. The van der Waals surface area contributed by atoms with Gasteiger partial charge in [0.1, 0.15) is 0 Å². The van der Waals surface area contributed by atoms with Gasteiger partial charge in [-0.3, -0.25) is 9.59 Å². The average Bonchev–Trinajstić information content (AvgIpc) is 2.96. The molecule has 1 fully saturated rings. The van der Waals surface area contributed by atoms with Crippen LogP contribution in [-0.2, 0) is 9.53 Å². The fourth-order valence-electron chi connectivity index (χ4n) is 1.61. The molecular weight excluding hydrogens is 210 g/mol. The monoisotopic (exact) mass is 223 g/mol. The molecule has 0 aromatic carbocycles. The minimum Gasteiger partial charge on any atom is -0.461 e. The molecule has 5 heteroatoms. The molecule has 1 aliphatic heterocycles. The molecule has 1 amide bonds. The lowest BCUT2D eigenvalue weighted by molar-refractivity contribution is -0.117. The lowest BCUT2D eigenvalue weighted by Gasteiger charge is -2.09. The number of hydrogen-bond acceptors (Lipinski definition) is 4. The Kier molecular flexibility index (Phi) is 3.36. The number of ketones is 1. The van der Waals surface area contributed by atoms with E-state index < -0.39 is 11.7 Å². The normalized spacial score (nSPS) is 19.6. The van der Waals surface area contributed by atoms with Crippen molar-refractivity contribution in [1.82, 2.24) is 5.32 Å². The van der Waals surface area contributed by atoms with Crippen molar-refractivity contribution in [3.8, 4) is 0 Å². The van der Waals surface area contributed by atoms with E-state index in [1.165, 1.54) is 12.3 Å². The number of carbonyl (C=O) groups is 2. The number of Topliss-reactive ketones (excluding diaryl/α,β-unsaturated/α-hetero) is 1. The van der Waals surface area contributed by atoms with Gasteiger partial charge in [0.15, 0.2) is 5.76 Å². The molecule has 2 heterocycles. The third-order valence-electron chi connectivity index (χ3n) is 2.47. The van der Waals surface area contributed by atoms with Crippen LogP contribution in [0.5, 0.6) is 0 Å². The zero-order valence-electron chi connectivity index (χ0n) is 8.77. The standard InChI is InChI=1S/C11H13NO4/c13-10(9-4-2-6-16-9)11(14)12-7-8-3-1-5-15-8/h2,4,6,8H,1,3,5,7H2,(H,12,14)/t8-/m0/s1. The molecule has 1 aromatic heterocycles. The van der Waals surface area contributed by atoms with E-state index in [0.29, 0.717) is 6.54 Å². The molecule has 1 aromatic rings. The topological polar surface area (TPSA) is 68.5 Å². The molecular formula is C11H13NO4. The van der Waals surface area contributed by atoms with Crippen LogP contribution in [0.25, 0.3) is 0 Å². The predicted molar refractivity (Wildman–Crippen MR) is 55.0 cm³/mol. The maximum Gasteiger partial charge on any atom is 0.295 e. The predicted octanol–water partition coefficient (Wildman–Crippen LogP) is 0.757. The highest BCUT2D eigenvalue weighted by atomic mass is 16.5. The summed E-state index contributed by atoms with van der Waals surface area (Å²) in [4.78, 5) is 22.9. The van der Waals surface area contributed by atoms with Gasteiger partial charge in [-0.15, -0.1) is 0 Å². The van der Waals surface area contributed by atoms with Gasteiger partial charge in [0.2, 0.25) is 0 Å². The van der Waals surface area contributed by atoms with Gasteiger partial charge in [-0.25, -0.2) is 0 Å². The average molecular weight is 223 g/mol. The van der Waals surface area contributed by atoms with Crippen molar-refractivity contribution in [3.05, 3.63) is 24.2 Å². The summed E-state index contributed by atoms with van der Waals surface area (Å²) >= 11 is 0. The van der Waals surface area contributed by atoms with E-state index in [-0.39, 0.29) is 11.9 Å². The SMILES string of the molecule is O=C(NC[C@@H]1CCCO1)C(=O)c1ccco1. The Bertz CT molecular complexity index is 365. The van der Waals surface area contributed by atoms with E-state index in [2.05, 4.69) is 5.32 Å². The van der Waals surface area contributed by atoms with E-state index in [9.17, 15) is 9.59 Å². The molecule has 0 bridgehead atoms. The molecule has 0 spiro atoms. The van der Waals surface area contributed by atoms with Gasteiger partial charge < -0.3 is 14.5 Å². The quantitative estimate of drug-likeness (QED) is 0.604. The molecule has 0 aliphatic carbocycles. The Morgan fingerprint density at radius 2 is 2.38 bits per heavy atom. The van der Waals surface area contributed by atoms with Crippen molar-refractivity contribution in [2.45, 2.75) is 18.9 Å². The number of ether oxygens (including phenoxy) is 1. The molecule has 86 valence electrons. The highest BCUT2D eigenvalue weighted by molar-refractivity contribution is 6.42. The zero-order valence-corrected chi connectivity index (χ0v) is 8.77. The highest BCUT2D eigenvalue weighted by Crippen LogP contribution is 2.10. The molecule has 0 unspecified atom stereocenters. The first-order chi connectivity index (χ1) is 7.77. The summed E-state index contributed by atoms with van der Waals surface area (Å²) in [5.41, 5.74) is 0. The summed E-state index contributed by atoms with van der Waals surface area (Å²) in [5, 5.41) is 2.54. The van der Waals surface area contributed by atoms with Gasteiger partial charge in [-0.05, 0) is 25.0 Å². The number of hydrogen-bond donors (Lipinski definition) is 1. The summed E-state index contributed by atoms with van der Waals surface area (Å²) in [6.45, 7) is 1.11. The molecule has 1 saturated heterocycles. The van der Waals surface area contributed by atoms with Crippen LogP contribution in [0.1, 0.15) is 23.4 Å².